The lowest BCUT2D eigenvalue weighted by atomic mass is 10.4. The van der Waals surface area contributed by atoms with E-state index in [1.807, 2.05) is 0 Å². The first-order valence-corrected chi connectivity index (χ1v) is 7.02. The third-order valence-corrected chi connectivity index (χ3v) is 4.16. The van der Waals surface area contributed by atoms with E-state index in [9.17, 15) is 8.42 Å². The van der Waals surface area contributed by atoms with Crippen LogP contribution in [0.5, 0.6) is 0 Å². The molecule has 92 valence electrons. The summed E-state index contributed by atoms with van der Waals surface area (Å²) in [5.41, 5.74) is 0. The van der Waals surface area contributed by atoms with Crippen LogP contribution in [-0.2, 0) is 19.5 Å². The summed E-state index contributed by atoms with van der Waals surface area (Å²) in [6, 6.07) is 0. The second kappa shape index (κ2) is 7.56. The van der Waals surface area contributed by atoms with E-state index >= 15 is 0 Å². The van der Waals surface area contributed by atoms with E-state index in [1.165, 1.54) is 11.4 Å². The minimum atomic E-state index is -3.21. The van der Waals surface area contributed by atoms with Gasteiger partial charge in [-0.1, -0.05) is 15.9 Å². The molecule has 1 unspecified atom stereocenters. The van der Waals surface area contributed by atoms with Gasteiger partial charge in [-0.15, -0.1) is 0 Å². The maximum atomic E-state index is 11.6. The van der Waals surface area contributed by atoms with Crippen LogP contribution in [0.15, 0.2) is 0 Å². The molecule has 0 aromatic carbocycles. The fraction of sp³-hybridized carbons (Fsp3) is 1.00. The minimum Gasteiger partial charge on any atom is -0.384 e. The van der Waals surface area contributed by atoms with Gasteiger partial charge in [0.05, 0.1) is 23.8 Å². The summed E-state index contributed by atoms with van der Waals surface area (Å²) in [4.78, 5) is 0.00446. The van der Waals surface area contributed by atoms with Crippen molar-refractivity contribution in [2.75, 3.05) is 46.8 Å². The van der Waals surface area contributed by atoms with Crippen LogP contribution in [0.3, 0.4) is 0 Å². The Kier molecular flexibility index (Phi) is 7.72. The molecule has 0 amide bonds. The van der Waals surface area contributed by atoms with E-state index < -0.39 is 10.0 Å². The van der Waals surface area contributed by atoms with Crippen molar-refractivity contribution in [2.24, 2.45) is 0 Å². The Balaban J connectivity index is 4.12. The highest BCUT2D eigenvalue weighted by Crippen LogP contribution is 2.06. The Bertz CT molecular complexity index is 257. The molecule has 15 heavy (non-hydrogen) atoms. The zero-order valence-corrected chi connectivity index (χ0v) is 11.7. The van der Waals surface area contributed by atoms with E-state index in [0.29, 0.717) is 13.2 Å². The monoisotopic (exact) mass is 303 g/mol. The molecule has 0 aliphatic heterocycles. The van der Waals surface area contributed by atoms with Crippen LogP contribution >= 0.6 is 15.9 Å². The molecule has 0 aliphatic rings. The largest absolute Gasteiger partial charge is 0.384 e. The third-order valence-electron chi connectivity index (χ3n) is 1.82. The molecule has 0 bridgehead atoms. The Hall–Kier alpha value is 0.310. The predicted molar refractivity (Wildman–Crippen MR) is 62.9 cm³/mol. The van der Waals surface area contributed by atoms with Crippen LogP contribution < -0.4 is 0 Å². The van der Waals surface area contributed by atoms with Crippen molar-refractivity contribution in [3.8, 4) is 0 Å². The Morgan fingerprint density at radius 3 is 2.40 bits per heavy atom. The molecule has 0 fully saturated rings. The number of sulfonamides is 1. The Labute approximate surface area is 99.9 Å². The highest BCUT2D eigenvalue weighted by Gasteiger charge is 2.20. The van der Waals surface area contributed by atoms with Crippen molar-refractivity contribution in [1.82, 2.24) is 4.31 Å². The van der Waals surface area contributed by atoms with Crippen molar-refractivity contribution in [3.63, 3.8) is 0 Å². The second-order valence-electron chi connectivity index (χ2n) is 3.14. The third kappa shape index (κ3) is 6.47. The van der Waals surface area contributed by atoms with Crippen molar-refractivity contribution in [3.05, 3.63) is 0 Å². The molecule has 0 N–H and O–H groups in total. The summed E-state index contributed by atoms with van der Waals surface area (Å²) in [5, 5.41) is 0. The zero-order chi connectivity index (χ0) is 11.9. The van der Waals surface area contributed by atoms with Crippen LogP contribution in [0.2, 0.25) is 0 Å². The second-order valence-corrected chi connectivity index (χ2v) is 6.63. The Morgan fingerprint density at radius 2 is 1.93 bits per heavy atom. The van der Waals surface area contributed by atoms with E-state index in [1.54, 1.807) is 14.2 Å². The number of methoxy groups -OCH3 is 2. The molecule has 1 atom stereocenters. The van der Waals surface area contributed by atoms with E-state index in [2.05, 4.69) is 15.9 Å². The van der Waals surface area contributed by atoms with Gasteiger partial charge in [0.25, 0.3) is 0 Å². The van der Waals surface area contributed by atoms with Crippen molar-refractivity contribution in [2.45, 2.75) is 4.83 Å². The van der Waals surface area contributed by atoms with E-state index in [-0.39, 0.29) is 17.2 Å². The normalized spacial score (nSPS) is 14.5. The van der Waals surface area contributed by atoms with Crippen LogP contribution in [0, 0.1) is 0 Å². The van der Waals surface area contributed by atoms with Gasteiger partial charge in [0.15, 0.2) is 0 Å². The van der Waals surface area contributed by atoms with Crippen LogP contribution in [0.25, 0.3) is 0 Å². The maximum Gasteiger partial charge on any atom is 0.216 e. The van der Waals surface area contributed by atoms with E-state index in [0.717, 1.165) is 0 Å². The minimum absolute atomic E-state index is 0.00446. The summed E-state index contributed by atoms with van der Waals surface area (Å²) in [5.74, 6) is 0.00665. The smallest absolute Gasteiger partial charge is 0.216 e. The number of alkyl halides is 1. The molecule has 0 rings (SSSR count). The van der Waals surface area contributed by atoms with Crippen LogP contribution in [0.4, 0.5) is 0 Å². The highest BCUT2D eigenvalue weighted by atomic mass is 79.9. The van der Waals surface area contributed by atoms with Gasteiger partial charge >= 0.3 is 0 Å². The first-order chi connectivity index (χ1) is 6.94. The number of rotatable bonds is 8. The quantitative estimate of drug-likeness (QED) is 0.606. The van der Waals surface area contributed by atoms with Gasteiger partial charge < -0.3 is 9.47 Å². The molecule has 0 radical (unpaired) electrons. The molecule has 0 saturated heterocycles. The summed E-state index contributed by atoms with van der Waals surface area (Å²) >= 11 is 3.34. The molecule has 0 spiro atoms. The van der Waals surface area contributed by atoms with Gasteiger partial charge in [-0.25, -0.2) is 12.7 Å². The van der Waals surface area contributed by atoms with Gasteiger partial charge in [-0.05, 0) is 0 Å². The standard InChI is InChI=1S/C8H18BrNO4S/c1-10(6-8(9)7-14-3)15(11,12)5-4-13-2/h8H,4-7H2,1-3H3. The molecule has 7 heteroatoms. The Morgan fingerprint density at radius 1 is 1.33 bits per heavy atom. The molecule has 0 heterocycles. The predicted octanol–water partition coefficient (Wildman–Crippen LogP) is 0.304. The zero-order valence-electron chi connectivity index (χ0n) is 9.27. The summed E-state index contributed by atoms with van der Waals surface area (Å²) < 4.78 is 34.2. The summed E-state index contributed by atoms with van der Waals surface area (Å²) in [7, 11) is 1.39. The van der Waals surface area contributed by atoms with Crippen molar-refractivity contribution in [1.29, 1.82) is 0 Å². The fourth-order valence-corrected chi connectivity index (χ4v) is 2.96. The van der Waals surface area contributed by atoms with Crippen LogP contribution in [-0.4, -0.2) is 64.3 Å². The number of halogens is 1. The molecular formula is C8H18BrNO4S. The maximum absolute atomic E-state index is 11.6. The molecule has 0 saturated carbocycles. The first-order valence-electron chi connectivity index (χ1n) is 4.50. The molecule has 0 aromatic rings. The molecular weight excluding hydrogens is 286 g/mol. The molecule has 0 aromatic heterocycles. The fourth-order valence-electron chi connectivity index (χ4n) is 0.971. The summed E-state index contributed by atoms with van der Waals surface area (Å²) in [6.45, 7) is 1.08. The van der Waals surface area contributed by atoms with Crippen molar-refractivity contribution < 1.29 is 17.9 Å². The molecule has 5 nitrogen and oxygen atoms in total. The number of hydrogen-bond donors (Lipinski definition) is 0. The van der Waals surface area contributed by atoms with Gasteiger partial charge in [-0.3, -0.25) is 0 Å². The average Bonchev–Trinajstić information content (AvgIpc) is 2.15. The lowest BCUT2D eigenvalue weighted by Gasteiger charge is -2.19. The SMILES string of the molecule is COCCS(=O)(=O)N(C)CC(Br)COC. The average molecular weight is 304 g/mol. The van der Waals surface area contributed by atoms with Gasteiger partial charge in [-0.2, -0.15) is 0 Å². The number of nitrogens with zero attached hydrogens (tertiary/aromatic N) is 1. The molecule has 0 aliphatic carbocycles. The number of hydrogen-bond acceptors (Lipinski definition) is 4. The lowest BCUT2D eigenvalue weighted by molar-refractivity contribution is 0.195. The van der Waals surface area contributed by atoms with Crippen LogP contribution in [0.1, 0.15) is 0 Å². The van der Waals surface area contributed by atoms with Gasteiger partial charge in [0, 0.05) is 27.8 Å². The number of ether oxygens (including phenoxy) is 2. The lowest BCUT2D eigenvalue weighted by Crippen LogP contribution is -2.36. The van der Waals surface area contributed by atoms with E-state index in [4.69, 9.17) is 9.47 Å². The summed E-state index contributed by atoms with van der Waals surface area (Å²) in [6.07, 6.45) is 0. The highest BCUT2D eigenvalue weighted by molar-refractivity contribution is 9.09. The van der Waals surface area contributed by atoms with Gasteiger partial charge in [0.2, 0.25) is 10.0 Å². The topological polar surface area (TPSA) is 55.8 Å². The van der Waals surface area contributed by atoms with Gasteiger partial charge in [0.1, 0.15) is 0 Å². The van der Waals surface area contributed by atoms with Crippen molar-refractivity contribution >= 4 is 26.0 Å². The first kappa shape index (κ1) is 15.3.